The Hall–Kier alpha value is 0.310. The molecule has 2 unspecified atom stereocenters. The van der Waals surface area contributed by atoms with Gasteiger partial charge in [0.15, 0.2) is 0 Å². The van der Waals surface area contributed by atoms with Gasteiger partial charge in [-0.05, 0) is 18.1 Å². The predicted octanol–water partition coefficient (Wildman–Crippen LogP) is 1.51. The van der Waals surface area contributed by atoms with E-state index in [9.17, 15) is 5.11 Å². The Bertz CT molecular complexity index is 88.9. The van der Waals surface area contributed by atoms with Crippen LogP contribution in [0.25, 0.3) is 0 Å². The Kier molecular flexibility index (Phi) is 2.42. The van der Waals surface area contributed by atoms with Crippen LogP contribution in [0.3, 0.4) is 0 Å². The standard InChI is InChI=1S/C7H14OS/c1-5(2)7(8)6-3-4-9-6/h5-8H,3-4H2,1-2H3. The van der Waals surface area contributed by atoms with Gasteiger partial charge in [-0.25, -0.2) is 0 Å². The summed E-state index contributed by atoms with van der Waals surface area (Å²) in [7, 11) is 0. The maximum Gasteiger partial charge on any atom is 0.0681 e. The molecule has 1 fully saturated rings. The molecule has 0 aromatic rings. The van der Waals surface area contributed by atoms with Crippen LogP contribution in [0.15, 0.2) is 0 Å². The van der Waals surface area contributed by atoms with E-state index < -0.39 is 0 Å². The minimum atomic E-state index is -0.0660. The lowest BCUT2D eigenvalue weighted by molar-refractivity contribution is 0.118. The highest BCUT2D eigenvalue weighted by Crippen LogP contribution is 2.32. The lowest BCUT2D eigenvalue weighted by Gasteiger charge is -2.31. The summed E-state index contributed by atoms with van der Waals surface area (Å²) in [5.41, 5.74) is 0. The van der Waals surface area contributed by atoms with Crippen LogP contribution in [0.5, 0.6) is 0 Å². The van der Waals surface area contributed by atoms with E-state index in [-0.39, 0.29) is 6.10 Å². The van der Waals surface area contributed by atoms with Crippen LogP contribution in [0, 0.1) is 5.92 Å². The third-order valence-electron chi connectivity index (χ3n) is 1.80. The first-order valence-corrected chi connectivity index (χ1v) is 4.56. The molecule has 0 bridgehead atoms. The number of aliphatic hydroxyl groups excluding tert-OH is 1. The minimum Gasteiger partial charge on any atom is -0.392 e. The Labute approximate surface area is 60.8 Å². The highest BCUT2D eigenvalue weighted by atomic mass is 32.2. The van der Waals surface area contributed by atoms with Crippen molar-refractivity contribution in [2.24, 2.45) is 5.92 Å². The topological polar surface area (TPSA) is 20.2 Å². The van der Waals surface area contributed by atoms with Crippen molar-refractivity contribution >= 4 is 11.8 Å². The number of rotatable bonds is 2. The monoisotopic (exact) mass is 146 g/mol. The van der Waals surface area contributed by atoms with Crippen molar-refractivity contribution in [1.29, 1.82) is 0 Å². The van der Waals surface area contributed by atoms with Crippen molar-refractivity contribution in [3.05, 3.63) is 0 Å². The van der Waals surface area contributed by atoms with Gasteiger partial charge < -0.3 is 5.11 Å². The van der Waals surface area contributed by atoms with Crippen molar-refractivity contribution in [2.75, 3.05) is 5.75 Å². The lowest BCUT2D eigenvalue weighted by atomic mass is 10.0. The van der Waals surface area contributed by atoms with Gasteiger partial charge in [0.1, 0.15) is 0 Å². The third-order valence-corrected chi connectivity index (χ3v) is 3.21. The first-order chi connectivity index (χ1) is 4.22. The molecule has 1 saturated heterocycles. The van der Waals surface area contributed by atoms with E-state index in [0.29, 0.717) is 11.2 Å². The first kappa shape index (κ1) is 7.42. The summed E-state index contributed by atoms with van der Waals surface area (Å²) in [4.78, 5) is 0. The Balaban J connectivity index is 2.23. The fourth-order valence-corrected chi connectivity index (χ4v) is 1.97. The Morgan fingerprint density at radius 2 is 2.11 bits per heavy atom. The highest BCUT2D eigenvalue weighted by Gasteiger charge is 2.27. The fourth-order valence-electron chi connectivity index (χ4n) is 0.953. The summed E-state index contributed by atoms with van der Waals surface area (Å²) in [6, 6.07) is 0. The van der Waals surface area contributed by atoms with Gasteiger partial charge >= 0.3 is 0 Å². The molecule has 1 aliphatic heterocycles. The van der Waals surface area contributed by atoms with Crippen LogP contribution in [0.4, 0.5) is 0 Å². The molecule has 0 saturated carbocycles. The molecule has 0 amide bonds. The van der Waals surface area contributed by atoms with Gasteiger partial charge in [-0.15, -0.1) is 0 Å². The van der Waals surface area contributed by atoms with Crippen molar-refractivity contribution in [2.45, 2.75) is 31.6 Å². The second-order valence-corrected chi connectivity index (χ2v) is 4.28. The van der Waals surface area contributed by atoms with Gasteiger partial charge in [-0.2, -0.15) is 11.8 Å². The summed E-state index contributed by atoms with van der Waals surface area (Å²) in [6.45, 7) is 4.15. The van der Waals surface area contributed by atoms with Crippen LogP contribution in [0.2, 0.25) is 0 Å². The lowest BCUT2D eigenvalue weighted by Crippen LogP contribution is -2.34. The molecule has 1 aliphatic rings. The molecule has 2 atom stereocenters. The average molecular weight is 146 g/mol. The summed E-state index contributed by atoms with van der Waals surface area (Å²) in [6.07, 6.45) is 1.15. The SMILES string of the molecule is CC(C)C(O)C1CCS1. The van der Waals surface area contributed by atoms with Gasteiger partial charge in [-0.3, -0.25) is 0 Å². The molecule has 1 nitrogen and oxygen atoms in total. The molecule has 9 heavy (non-hydrogen) atoms. The Morgan fingerprint density at radius 3 is 2.22 bits per heavy atom. The molecule has 1 N–H and O–H groups in total. The quantitative estimate of drug-likeness (QED) is 0.637. The van der Waals surface area contributed by atoms with E-state index in [2.05, 4.69) is 13.8 Å². The van der Waals surface area contributed by atoms with Crippen LogP contribution in [0.1, 0.15) is 20.3 Å². The van der Waals surface area contributed by atoms with Gasteiger partial charge in [0.25, 0.3) is 0 Å². The molecular weight excluding hydrogens is 132 g/mol. The molecule has 0 aliphatic carbocycles. The average Bonchev–Trinajstić information content (AvgIpc) is 1.60. The predicted molar refractivity (Wildman–Crippen MR) is 41.7 cm³/mol. The zero-order valence-corrected chi connectivity index (χ0v) is 6.82. The fraction of sp³-hybridized carbons (Fsp3) is 1.00. The van der Waals surface area contributed by atoms with Crippen molar-refractivity contribution < 1.29 is 5.11 Å². The van der Waals surface area contributed by atoms with Gasteiger partial charge in [-0.1, -0.05) is 13.8 Å². The van der Waals surface area contributed by atoms with E-state index in [1.54, 1.807) is 0 Å². The van der Waals surface area contributed by atoms with Gasteiger partial charge in [0.2, 0.25) is 0 Å². The van der Waals surface area contributed by atoms with E-state index in [0.717, 1.165) is 0 Å². The summed E-state index contributed by atoms with van der Waals surface area (Å²) < 4.78 is 0. The van der Waals surface area contributed by atoms with Crippen molar-refractivity contribution in [1.82, 2.24) is 0 Å². The third kappa shape index (κ3) is 1.62. The first-order valence-electron chi connectivity index (χ1n) is 3.51. The molecule has 0 spiro atoms. The molecule has 54 valence electrons. The molecular formula is C7H14OS. The zero-order valence-electron chi connectivity index (χ0n) is 6.00. The molecule has 0 radical (unpaired) electrons. The van der Waals surface area contributed by atoms with E-state index >= 15 is 0 Å². The summed E-state index contributed by atoms with van der Waals surface area (Å²) in [5.74, 6) is 1.68. The van der Waals surface area contributed by atoms with Gasteiger partial charge in [0.05, 0.1) is 6.10 Å². The van der Waals surface area contributed by atoms with E-state index in [1.807, 2.05) is 11.8 Å². The zero-order chi connectivity index (χ0) is 6.85. The second-order valence-electron chi connectivity index (χ2n) is 2.93. The molecule has 1 rings (SSSR count). The molecule has 2 heteroatoms. The van der Waals surface area contributed by atoms with Crippen LogP contribution in [-0.4, -0.2) is 22.2 Å². The maximum absolute atomic E-state index is 9.43. The van der Waals surface area contributed by atoms with E-state index in [1.165, 1.54) is 12.2 Å². The highest BCUT2D eigenvalue weighted by molar-refractivity contribution is 8.01. The number of aliphatic hydroxyl groups is 1. The Morgan fingerprint density at radius 1 is 1.56 bits per heavy atom. The summed E-state index contributed by atoms with van der Waals surface area (Å²) >= 11 is 1.89. The number of hydrogen-bond acceptors (Lipinski definition) is 2. The normalized spacial score (nSPS) is 30.0. The van der Waals surface area contributed by atoms with Gasteiger partial charge in [0, 0.05) is 5.25 Å². The molecule has 1 heterocycles. The van der Waals surface area contributed by atoms with Crippen LogP contribution < -0.4 is 0 Å². The number of hydrogen-bond donors (Lipinski definition) is 1. The molecule has 0 aromatic carbocycles. The van der Waals surface area contributed by atoms with Crippen LogP contribution >= 0.6 is 11.8 Å². The van der Waals surface area contributed by atoms with Crippen molar-refractivity contribution in [3.8, 4) is 0 Å². The summed E-state index contributed by atoms with van der Waals surface area (Å²) in [5, 5.41) is 9.97. The second kappa shape index (κ2) is 2.93. The number of thioether (sulfide) groups is 1. The van der Waals surface area contributed by atoms with E-state index in [4.69, 9.17) is 0 Å². The minimum absolute atomic E-state index is 0.0660. The smallest absolute Gasteiger partial charge is 0.0681 e. The molecule has 0 aromatic heterocycles. The largest absolute Gasteiger partial charge is 0.392 e. The maximum atomic E-state index is 9.43. The van der Waals surface area contributed by atoms with Crippen molar-refractivity contribution in [3.63, 3.8) is 0 Å². The van der Waals surface area contributed by atoms with Crippen LogP contribution in [-0.2, 0) is 0 Å².